The number of oxazole rings is 1. The second kappa shape index (κ2) is 6.72. The molecule has 1 N–H and O–H groups in total. The summed E-state index contributed by atoms with van der Waals surface area (Å²) in [6, 6.07) is 20.1. The van der Waals surface area contributed by atoms with Crippen LogP contribution in [0.4, 0.5) is 11.4 Å². The maximum atomic E-state index is 12.3. The van der Waals surface area contributed by atoms with Crippen LogP contribution in [0.3, 0.4) is 0 Å². The largest absolute Gasteiger partial charge is 0.436 e. The molecule has 1 amide bonds. The molecular formula is C20H13N3O4. The standard InChI is InChI=1S/C20H13N3O4/c24-19(13-6-9-16(10-7-13)23(25)26)21-15-8-11-17-18(12-15)27-20(22-17)14-4-2-1-3-5-14/h1-12H,(H,21,24). The van der Waals surface area contributed by atoms with E-state index >= 15 is 0 Å². The van der Waals surface area contributed by atoms with Gasteiger partial charge in [0.25, 0.3) is 11.6 Å². The molecule has 1 aromatic heterocycles. The fourth-order valence-corrected chi connectivity index (χ4v) is 2.64. The molecular weight excluding hydrogens is 346 g/mol. The van der Waals surface area contributed by atoms with E-state index in [1.165, 1.54) is 24.3 Å². The Labute approximate surface area is 153 Å². The van der Waals surface area contributed by atoms with E-state index in [0.717, 1.165) is 5.56 Å². The van der Waals surface area contributed by atoms with E-state index in [1.54, 1.807) is 18.2 Å². The van der Waals surface area contributed by atoms with E-state index < -0.39 is 4.92 Å². The van der Waals surface area contributed by atoms with Crippen molar-refractivity contribution in [1.29, 1.82) is 0 Å². The molecule has 0 bridgehead atoms. The summed E-state index contributed by atoms with van der Waals surface area (Å²) < 4.78 is 5.79. The van der Waals surface area contributed by atoms with Gasteiger partial charge in [-0.05, 0) is 36.4 Å². The second-order valence-corrected chi connectivity index (χ2v) is 5.83. The van der Waals surface area contributed by atoms with Gasteiger partial charge in [0, 0.05) is 35.0 Å². The van der Waals surface area contributed by atoms with E-state index in [4.69, 9.17) is 4.42 Å². The van der Waals surface area contributed by atoms with Crippen molar-refractivity contribution in [3.63, 3.8) is 0 Å². The van der Waals surface area contributed by atoms with Gasteiger partial charge in [-0.2, -0.15) is 0 Å². The van der Waals surface area contributed by atoms with E-state index in [0.29, 0.717) is 28.2 Å². The SMILES string of the molecule is O=C(Nc1ccc2nc(-c3ccccc3)oc2c1)c1ccc([N+](=O)[O-])cc1. The number of aromatic nitrogens is 1. The number of carbonyl (C=O) groups is 1. The Morgan fingerprint density at radius 3 is 2.44 bits per heavy atom. The molecule has 0 saturated heterocycles. The molecule has 4 aromatic rings. The number of rotatable bonds is 4. The zero-order valence-corrected chi connectivity index (χ0v) is 14.0. The lowest BCUT2D eigenvalue weighted by atomic mass is 10.2. The van der Waals surface area contributed by atoms with E-state index in [9.17, 15) is 14.9 Å². The highest BCUT2D eigenvalue weighted by atomic mass is 16.6. The second-order valence-electron chi connectivity index (χ2n) is 5.83. The lowest BCUT2D eigenvalue weighted by molar-refractivity contribution is -0.384. The highest BCUT2D eigenvalue weighted by Gasteiger charge is 2.12. The zero-order chi connectivity index (χ0) is 18.8. The summed E-state index contributed by atoms with van der Waals surface area (Å²) in [5.74, 6) is 0.136. The first-order chi connectivity index (χ1) is 13.1. The van der Waals surface area contributed by atoms with Gasteiger partial charge in [0.2, 0.25) is 5.89 Å². The molecule has 0 aliphatic rings. The highest BCUT2D eigenvalue weighted by molar-refractivity contribution is 6.05. The Hall–Kier alpha value is -4.00. The van der Waals surface area contributed by atoms with Crippen molar-refractivity contribution in [1.82, 2.24) is 4.98 Å². The van der Waals surface area contributed by atoms with Gasteiger partial charge in [-0.15, -0.1) is 0 Å². The van der Waals surface area contributed by atoms with E-state index in [2.05, 4.69) is 10.3 Å². The number of fused-ring (bicyclic) bond motifs is 1. The normalized spacial score (nSPS) is 10.7. The molecule has 7 nitrogen and oxygen atoms in total. The van der Waals surface area contributed by atoms with E-state index in [1.807, 2.05) is 30.3 Å². The Morgan fingerprint density at radius 2 is 1.74 bits per heavy atom. The van der Waals surface area contributed by atoms with Crippen LogP contribution in [-0.4, -0.2) is 15.8 Å². The average Bonchev–Trinajstić information content (AvgIpc) is 3.12. The Kier molecular flexibility index (Phi) is 4.10. The van der Waals surface area contributed by atoms with Gasteiger partial charge in [0.15, 0.2) is 5.58 Å². The van der Waals surface area contributed by atoms with Gasteiger partial charge >= 0.3 is 0 Å². The van der Waals surface area contributed by atoms with Crippen LogP contribution >= 0.6 is 0 Å². The molecule has 4 rings (SSSR count). The van der Waals surface area contributed by atoms with Gasteiger partial charge in [-0.25, -0.2) is 4.98 Å². The Bertz CT molecular complexity index is 1140. The summed E-state index contributed by atoms with van der Waals surface area (Å²) >= 11 is 0. The Morgan fingerprint density at radius 1 is 1.00 bits per heavy atom. The number of benzene rings is 3. The van der Waals surface area contributed by atoms with Crippen LogP contribution in [0.5, 0.6) is 0 Å². The number of anilines is 1. The molecule has 0 radical (unpaired) electrons. The third-order valence-corrected chi connectivity index (χ3v) is 4.01. The summed E-state index contributed by atoms with van der Waals surface area (Å²) in [4.78, 5) is 27.0. The predicted octanol–water partition coefficient (Wildman–Crippen LogP) is 4.66. The first kappa shape index (κ1) is 16.5. The summed E-state index contributed by atoms with van der Waals surface area (Å²) in [5.41, 5.74) is 2.90. The summed E-state index contributed by atoms with van der Waals surface area (Å²) in [7, 11) is 0. The Balaban J connectivity index is 1.57. The minimum atomic E-state index is -0.510. The first-order valence-corrected chi connectivity index (χ1v) is 8.12. The fraction of sp³-hybridized carbons (Fsp3) is 0. The topological polar surface area (TPSA) is 98.3 Å². The number of nitro benzene ring substituents is 1. The van der Waals surface area contributed by atoms with Crippen molar-refractivity contribution in [2.75, 3.05) is 5.32 Å². The van der Waals surface area contributed by atoms with Crippen molar-refractivity contribution in [2.45, 2.75) is 0 Å². The van der Waals surface area contributed by atoms with Crippen molar-refractivity contribution in [3.8, 4) is 11.5 Å². The molecule has 1 heterocycles. The number of nitro groups is 1. The average molecular weight is 359 g/mol. The zero-order valence-electron chi connectivity index (χ0n) is 14.0. The lowest BCUT2D eigenvalue weighted by Gasteiger charge is -2.04. The molecule has 0 spiro atoms. The van der Waals surface area contributed by atoms with Crippen LogP contribution in [0, 0.1) is 10.1 Å². The van der Waals surface area contributed by atoms with Gasteiger partial charge in [0.05, 0.1) is 4.92 Å². The summed E-state index contributed by atoms with van der Waals surface area (Å²) in [5, 5.41) is 13.4. The van der Waals surface area contributed by atoms with Crippen LogP contribution in [0.2, 0.25) is 0 Å². The van der Waals surface area contributed by atoms with Crippen molar-refractivity contribution in [2.24, 2.45) is 0 Å². The molecule has 7 heteroatoms. The van der Waals surface area contributed by atoms with Crippen LogP contribution in [0.15, 0.2) is 77.2 Å². The monoisotopic (exact) mass is 359 g/mol. The van der Waals surface area contributed by atoms with Gasteiger partial charge in [-0.3, -0.25) is 14.9 Å². The van der Waals surface area contributed by atoms with Crippen molar-refractivity contribution >= 4 is 28.4 Å². The maximum Gasteiger partial charge on any atom is 0.269 e. The number of hydrogen-bond donors (Lipinski definition) is 1. The third-order valence-electron chi connectivity index (χ3n) is 4.01. The number of nitrogens with zero attached hydrogens (tertiary/aromatic N) is 2. The first-order valence-electron chi connectivity index (χ1n) is 8.12. The van der Waals surface area contributed by atoms with Gasteiger partial charge in [0.1, 0.15) is 5.52 Å². The summed E-state index contributed by atoms with van der Waals surface area (Å²) in [6.07, 6.45) is 0. The molecule has 27 heavy (non-hydrogen) atoms. The molecule has 0 aliphatic carbocycles. The number of hydrogen-bond acceptors (Lipinski definition) is 5. The number of non-ortho nitro benzene ring substituents is 1. The molecule has 0 saturated carbocycles. The predicted molar refractivity (Wildman–Crippen MR) is 100 cm³/mol. The van der Waals surface area contributed by atoms with Gasteiger partial charge < -0.3 is 9.73 Å². The van der Waals surface area contributed by atoms with Crippen LogP contribution < -0.4 is 5.32 Å². The molecule has 0 fully saturated rings. The number of amides is 1. The van der Waals surface area contributed by atoms with E-state index in [-0.39, 0.29) is 11.6 Å². The quantitative estimate of drug-likeness (QED) is 0.422. The van der Waals surface area contributed by atoms with Crippen molar-refractivity contribution in [3.05, 3.63) is 88.5 Å². The molecule has 0 aliphatic heterocycles. The lowest BCUT2D eigenvalue weighted by Crippen LogP contribution is -2.11. The molecule has 3 aromatic carbocycles. The fourth-order valence-electron chi connectivity index (χ4n) is 2.64. The van der Waals surface area contributed by atoms with Crippen LogP contribution in [0.25, 0.3) is 22.6 Å². The van der Waals surface area contributed by atoms with Gasteiger partial charge in [-0.1, -0.05) is 18.2 Å². The van der Waals surface area contributed by atoms with Crippen molar-refractivity contribution < 1.29 is 14.1 Å². The minimum absolute atomic E-state index is 0.0666. The number of nitrogens with one attached hydrogen (secondary N) is 1. The van der Waals surface area contributed by atoms with Crippen LogP contribution in [0.1, 0.15) is 10.4 Å². The third kappa shape index (κ3) is 3.38. The molecule has 132 valence electrons. The molecule has 0 atom stereocenters. The highest BCUT2D eigenvalue weighted by Crippen LogP contribution is 2.26. The minimum Gasteiger partial charge on any atom is -0.436 e. The number of carbonyl (C=O) groups excluding carboxylic acids is 1. The van der Waals surface area contributed by atoms with Crippen LogP contribution in [-0.2, 0) is 0 Å². The smallest absolute Gasteiger partial charge is 0.269 e. The maximum absolute atomic E-state index is 12.3. The summed E-state index contributed by atoms with van der Waals surface area (Å²) in [6.45, 7) is 0. The molecule has 0 unspecified atom stereocenters.